The van der Waals surface area contributed by atoms with E-state index in [1.54, 1.807) is 17.3 Å². The number of hydrogen-bond donors (Lipinski definition) is 0. The van der Waals surface area contributed by atoms with E-state index in [1.807, 2.05) is 18.3 Å². The van der Waals surface area contributed by atoms with Gasteiger partial charge < -0.3 is 14.4 Å². The van der Waals surface area contributed by atoms with Crippen molar-refractivity contribution < 1.29 is 14.3 Å². The monoisotopic (exact) mass is 340 g/mol. The summed E-state index contributed by atoms with van der Waals surface area (Å²) in [5.41, 5.74) is 1.13. The molecule has 0 aliphatic carbocycles. The molecule has 1 amide bonds. The van der Waals surface area contributed by atoms with Gasteiger partial charge in [0.25, 0.3) is 5.91 Å². The maximum Gasteiger partial charge on any atom is 0.274 e. The summed E-state index contributed by atoms with van der Waals surface area (Å²) in [5, 5.41) is 0. The second-order valence-electron chi connectivity index (χ2n) is 6.56. The second-order valence-corrected chi connectivity index (χ2v) is 6.56. The maximum atomic E-state index is 12.5. The van der Waals surface area contributed by atoms with E-state index in [-0.39, 0.29) is 17.6 Å². The number of ether oxygens (including phenoxy) is 2. The number of carbonyl (C=O) groups excluding carboxylic acids is 1. The quantitative estimate of drug-likeness (QED) is 0.839. The van der Waals surface area contributed by atoms with E-state index >= 15 is 0 Å². The number of carbonyl (C=O) groups is 1. The molecule has 7 nitrogen and oxygen atoms in total. The van der Waals surface area contributed by atoms with Gasteiger partial charge >= 0.3 is 0 Å². The lowest BCUT2D eigenvalue weighted by Gasteiger charge is -2.23. The van der Waals surface area contributed by atoms with Crippen molar-refractivity contribution >= 4 is 5.91 Å². The minimum absolute atomic E-state index is 0.0479. The zero-order chi connectivity index (χ0) is 17.1. The van der Waals surface area contributed by atoms with Crippen LogP contribution in [-0.2, 0) is 16.1 Å². The number of likely N-dealkylation sites (tertiary alicyclic amines) is 1. The van der Waals surface area contributed by atoms with Gasteiger partial charge in [0.15, 0.2) is 0 Å². The van der Waals surface area contributed by atoms with Crippen LogP contribution in [0.15, 0.2) is 43.1 Å². The molecule has 4 heterocycles. The maximum absolute atomic E-state index is 12.5. The zero-order valence-corrected chi connectivity index (χ0v) is 13.9. The van der Waals surface area contributed by atoms with Crippen LogP contribution in [0.4, 0.5) is 0 Å². The highest BCUT2D eigenvalue weighted by Crippen LogP contribution is 2.36. The first-order valence-electron chi connectivity index (χ1n) is 8.44. The average Bonchev–Trinajstić information content (AvgIpc) is 3.28. The van der Waals surface area contributed by atoms with Crippen LogP contribution in [0, 0.1) is 0 Å². The van der Waals surface area contributed by atoms with Crippen LogP contribution >= 0.6 is 0 Å². The summed E-state index contributed by atoms with van der Waals surface area (Å²) in [6, 6.07) is 3.90. The van der Waals surface area contributed by atoms with Crippen LogP contribution in [0.3, 0.4) is 0 Å². The molecule has 2 fully saturated rings. The van der Waals surface area contributed by atoms with Gasteiger partial charge in [-0.15, -0.1) is 0 Å². The van der Waals surface area contributed by atoms with Gasteiger partial charge in [-0.05, 0) is 18.1 Å². The summed E-state index contributed by atoms with van der Waals surface area (Å²) in [7, 11) is 0. The van der Waals surface area contributed by atoms with Crippen LogP contribution in [-0.4, -0.2) is 57.2 Å². The number of aromatic nitrogens is 3. The van der Waals surface area contributed by atoms with E-state index in [0.717, 1.165) is 18.4 Å². The minimum Gasteiger partial charge on any atom is -0.371 e. The second kappa shape index (κ2) is 6.85. The Kier molecular flexibility index (Phi) is 4.42. The third-order valence-corrected chi connectivity index (χ3v) is 4.77. The van der Waals surface area contributed by atoms with E-state index in [0.29, 0.717) is 32.0 Å². The smallest absolute Gasteiger partial charge is 0.274 e. The average molecular weight is 340 g/mol. The van der Waals surface area contributed by atoms with Crippen LogP contribution in [0.2, 0.25) is 0 Å². The Hall–Kier alpha value is -2.38. The number of nitrogens with zero attached hydrogens (tertiary/aromatic N) is 4. The molecule has 2 aromatic heterocycles. The van der Waals surface area contributed by atoms with Crippen LogP contribution < -0.4 is 0 Å². The Morgan fingerprint density at radius 3 is 3.04 bits per heavy atom. The lowest BCUT2D eigenvalue weighted by atomic mass is 9.98. The van der Waals surface area contributed by atoms with Crippen molar-refractivity contribution in [2.75, 3.05) is 19.7 Å². The van der Waals surface area contributed by atoms with E-state index in [4.69, 9.17) is 9.47 Å². The molecule has 2 saturated heterocycles. The molecule has 130 valence electrons. The Labute approximate surface area is 146 Å². The Morgan fingerprint density at radius 1 is 1.32 bits per heavy atom. The fraction of sp³-hybridized carbons (Fsp3) is 0.444. The molecule has 0 radical (unpaired) electrons. The predicted molar refractivity (Wildman–Crippen MR) is 88.7 cm³/mol. The van der Waals surface area contributed by atoms with Crippen molar-refractivity contribution in [1.29, 1.82) is 0 Å². The first-order chi connectivity index (χ1) is 12.2. The van der Waals surface area contributed by atoms with Gasteiger partial charge in [-0.1, -0.05) is 6.07 Å². The Balaban J connectivity index is 1.33. The summed E-state index contributed by atoms with van der Waals surface area (Å²) in [6.07, 6.45) is 9.83. The van der Waals surface area contributed by atoms with Crippen molar-refractivity contribution in [3.05, 3.63) is 54.4 Å². The first kappa shape index (κ1) is 16.1. The van der Waals surface area contributed by atoms with Crippen LogP contribution in [0.25, 0.3) is 0 Å². The molecule has 0 saturated carbocycles. The lowest BCUT2D eigenvalue weighted by molar-refractivity contribution is 0.000214. The van der Waals surface area contributed by atoms with Gasteiger partial charge in [0.05, 0.1) is 37.7 Å². The SMILES string of the molecule is O=C(c1cnccn1)N1CC[C@@]2(C[C@H](OCc3cccnc3)CO2)C1. The zero-order valence-electron chi connectivity index (χ0n) is 13.9. The van der Waals surface area contributed by atoms with Gasteiger partial charge in [-0.2, -0.15) is 0 Å². The third kappa shape index (κ3) is 3.52. The number of rotatable bonds is 4. The molecule has 4 rings (SSSR count). The molecule has 0 unspecified atom stereocenters. The summed E-state index contributed by atoms with van der Waals surface area (Å²) in [5.74, 6) is -0.0895. The van der Waals surface area contributed by atoms with E-state index in [1.165, 1.54) is 12.4 Å². The van der Waals surface area contributed by atoms with Crippen molar-refractivity contribution in [1.82, 2.24) is 19.9 Å². The van der Waals surface area contributed by atoms with Crippen molar-refractivity contribution in [2.45, 2.75) is 31.2 Å². The summed E-state index contributed by atoms with van der Waals surface area (Å²) >= 11 is 0. The highest BCUT2D eigenvalue weighted by molar-refractivity contribution is 5.92. The Bertz CT molecular complexity index is 728. The molecule has 2 aromatic rings. The van der Waals surface area contributed by atoms with Crippen molar-refractivity contribution in [3.63, 3.8) is 0 Å². The topological polar surface area (TPSA) is 77.4 Å². The van der Waals surface area contributed by atoms with Gasteiger partial charge in [-0.3, -0.25) is 14.8 Å². The Morgan fingerprint density at radius 2 is 2.24 bits per heavy atom. The lowest BCUT2D eigenvalue weighted by Crippen LogP contribution is -2.36. The minimum atomic E-state index is -0.294. The fourth-order valence-electron chi connectivity index (χ4n) is 3.48. The highest BCUT2D eigenvalue weighted by atomic mass is 16.6. The molecule has 2 atom stereocenters. The van der Waals surface area contributed by atoms with Crippen molar-refractivity contribution in [2.24, 2.45) is 0 Å². The molecule has 25 heavy (non-hydrogen) atoms. The van der Waals surface area contributed by atoms with Crippen LogP contribution in [0.5, 0.6) is 0 Å². The van der Waals surface area contributed by atoms with Gasteiger partial charge in [0.2, 0.25) is 0 Å². The van der Waals surface area contributed by atoms with Crippen LogP contribution in [0.1, 0.15) is 28.9 Å². The molecular weight excluding hydrogens is 320 g/mol. The molecule has 0 N–H and O–H groups in total. The molecule has 7 heteroatoms. The number of amides is 1. The number of hydrogen-bond acceptors (Lipinski definition) is 6. The van der Waals surface area contributed by atoms with Crippen molar-refractivity contribution in [3.8, 4) is 0 Å². The molecule has 2 aliphatic heterocycles. The summed E-state index contributed by atoms with van der Waals surface area (Å²) in [4.78, 5) is 26.5. The largest absolute Gasteiger partial charge is 0.371 e. The molecule has 1 spiro atoms. The summed E-state index contributed by atoms with van der Waals surface area (Å²) < 4.78 is 12.0. The van der Waals surface area contributed by atoms with Gasteiger partial charge in [0, 0.05) is 37.8 Å². The highest BCUT2D eigenvalue weighted by Gasteiger charge is 2.47. The third-order valence-electron chi connectivity index (χ3n) is 4.77. The normalized spacial score (nSPS) is 25.6. The van der Waals surface area contributed by atoms with E-state index in [9.17, 15) is 4.79 Å². The van der Waals surface area contributed by atoms with E-state index in [2.05, 4.69) is 15.0 Å². The first-order valence-corrected chi connectivity index (χ1v) is 8.44. The molecule has 2 aliphatic rings. The molecule has 0 aromatic carbocycles. The van der Waals surface area contributed by atoms with E-state index < -0.39 is 0 Å². The predicted octanol–water partition coefficient (Wildman–Crippen LogP) is 1.46. The van der Waals surface area contributed by atoms with Gasteiger partial charge in [-0.25, -0.2) is 4.98 Å². The summed E-state index contributed by atoms with van der Waals surface area (Å²) in [6.45, 7) is 2.34. The molecular formula is C18H20N4O3. The fourth-order valence-corrected chi connectivity index (χ4v) is 3.48. The number of pyridine rings is 1. The molecule has 0 bridgehead atoms. The van der Waals surface area contributed by atoms with Gasteiger partial charge in [0.1, 0.15) is 5.69 Å². The standard InChI is InChI=1S/C18H20N4O3/c23-17(16-10-20-5-6-21-16)22-7-3-18(13-22)8-15(12-25-18)24-11-14-2-1-4-19-9-14/h1-2,4-6,9-10,15H,3,7-8,11-13H2/t15-,18+/m0/s1.